The molecule has 0 aliphatic rings. The van der Waals surface area contributed by atoms with Crippen LogP contribution < -0.4 is 9.79 Å². The summed E-state index contributed by atoms with van der Waals surface area (Å²) in [4.78, 5) is 21.4. The predicted molar refractivity (Wildman–Crippen MR) is 47.6 cm³/mol. The van der Waals surface area contributed by atoms with Gasteiger partial charge in [-0.05, 0) is 18.1 Å². The summed E-state index contributed by atoms with van der Waals surface area (Å²) in [5.41, 5.74) is -3.36. The standard InChI is InChI=1S/C9H10F3O3P/c1-6-4-2-3-5-7(6)8(9(10,11)12)16(13,14)15/h2-5,8H,1H3,(H2,13,14,15)/p-2. The molecule has 0 saturated heterocycles. The first-order chi connectivity index (χ1) is 7.14. The third-order valence-electron chi connectivity index (χ3n) is 2.11. The molecule has 1 rings (SSSR count). The first-order valence-electron chi connectivity index (χ1n) is 4.28. The number of alkyl halides is 3. The van der Waals surface area contributed by atoms with Gasteiger partial charge < -0.3 is 14.4 Å². The monoisotopic (exact) mass is 252 g/mol. The van der Waals surface area contributed by atoms with Crippen molar-refractivity contribution in [2.45, 2.75) is 18.8 Å². The Kier molecular flexibility index (Phi) is 3.47. The van der Waals surface area contributed by atoms with Crippen LogP contribution in [0.5, 0.6) is 0 Å². The summed E-state index contributed by atoms with van der Waals surface area (Å²) in [5, 5.41) is 0. The summed E-state index contributed by atoms with van der Waals surface area (Å²) in [6.45, 7) is 1.32. The molecule has 0 amide bonds. The van der Waals surface area contributed by atoms with Gasteiger partial charge in [0.1, 0.15) is 5.66 Å². The second kappa shape index (κ2) is 4.20. The largest absolute Gasteiger partial charge is 0.810 e. The molecule has 0 N–H and O–H groups in total. The predicted octanol–water partition coefficient (Wildman–Crippen LogP) is 1.51. The fraction of sp³-hybridized carbons (Fsp3) is 0.333. The first kappa shape index (κ1) is 13.2. The van der Waals surface area contributed by atoms with Crippen molar-refractivity contribution < 1.29 is 27.5 Å². The summed E-state index contributed by atoms with van der Waals surface area (Å²) < 4.78 is 48.2. The van der Waals surface area contributed by atoms with Gasteiger partial charge in [-0.15, -0.1) is 0 Å². The van der Waals surface area contributed by atoms with E-state index >= 15 is 0 Å². The van der Waals surface area contributed by atoms with E-state index < -0.39 is 25.0 Å². The second-order valence-corrected chi connectivity index (χ2v) is 4.94. The van der Waals surface area contributed by atoms with Crippen molar-refractivity contribution >= 4 is 7.60 Å². The number of benzene rings is 1. The van der Waals surface area contributed by atoms with E-state index in [1.54, 1.807) is 0 Å². The van der Waals surface area contributed by atoms with Gasteiger partial charge in [0.2, 0.25) is 0 Å². The van der Waals surface area contributed by atoms with Crippen LogP contribution in [0.1, 0.15) is 16.8 Å². The minimum absolute atomic E-state index is 0.122. The third-order valence-corrected chi connectivity index (χ3v) is 3.31. The number of halogens is 3. The van der Waals surface area contributed by atoms with E-state index in [0.29, 0.717) is 0 Å². The highest BCUT2D eigenvalue weighted by Gasteiger charge is 2.43. The molecule has 0 aliphatic carbocycles. The van der Waals surface area contributed by atoms with E-state index in [1.165, 1.54) is 25.1 Å². The van der Waals surface area contributed by atoms with E-state index in [2.05, 4.69) is 0 Å². The number of rotatable bonds is 2. The molecule has 0 aliphatic heterocycles. The Balaban J connectivity index is 3.35. The van der Waals surface area contributed by atoms with E-state index in [0.717, 1.165) is 6.07 Å². The average Bonchev–Trinajstić information content (AvgIpc) is 2.03. The lowest BCUT2D eigenvalue weighted by Crippen LogP contribution is -2.31. The van der Waals surface area contributed by atoms with E-state index in [9.17, 15) is 27.5 Å². The Morgan fingerprint density at radius 2 is 1.75 bits per heavy atom. The van der Waals surface area contributed by atoms with Crippen LogP contribution in [0.3, 0.4) is 0 Å². The van der Waals surface area contributed by atoms with Crippen molar-refractivity contribution in [2.24, 2.45) is 0 Å². The Morgan fingerprint density at radius 1 is 1.25 bits per heavy atom. The van der Waals surface area contributed by atoms with Crippen molar-refractivity contribution in [1.29, 1.82) is 0 Å². The number of hydrogen-bond acceptors (Lipinski definition) is 3. The smallest absolute Gasteiger partial charge is 0.400 e. The molecule has 1 aromatic rings. The maximum absolute atomic E-state index is 12.5. The highest BCUT2D eigenvalue weighted by atomic mass is 31.2. The van der Waals surface area contributed by atoms with Crippen molar-refractivity contribution in [1.82, 2.24) is 0 Å². The molecule has 0 bridgehead atoms. The Morgan fingerprint density at radius 3 is 2.12 bits per heavy atom. The fourth-order valence-corrected chi connectivity index (χ4v) is 2.41. The zero-order valence-electron chi connectivity index (χ0n) is 8.19. The summed E-state index contributed by atoms with van der Waals surface area (Å²) in [5.74, 6) is 0. The van der Waals surface area contributed by atoms with Crippen molar-refractivity contribution in [3.63, 3.8) is 0 Å². The van der Waals surface area contributed by atoms with Crippen LogP contribution in [0.2, 0.25) is 0 Å². The number of aryl methyl sites for hydroxylation is 1. The van der Waals surface area contributed by atoms with Gasteiger partial charge in [-0.2, -0.15) is 13.2 Å². The van der Waals surface area contributed by atoms with Crippen molar-refractivity contribution in [3.05, 3.63) is 35.4 Å². The van der Waals surface area contributed by atoms with Gasteiger partial charge in [-0.1, -0.05) is 31.9 Å². The molecule has 3 nitrogen and oxygen atoms in total. The van der Waals surface area contributed by atoms with Gasteiger partial charge in [0.25, 0.3) is 0 Å². The quantitative estimate of drug-likeness (QED) is 0.749. The molecule has 0 heterocycles. The molecule has 16 heavy (non-hydrogen) atoms. The van der Waals surface area contributed by atoms with Crippen LogP contribution in [0.15, 0.2) is 24.3 Å². The molecule has 1 atom stereocenters. The fourth-order valence-electron chi connectivity index (χ4n) is 1.42. The maximum atomic E-state index is 12.5. The molecule has 0 spiro atoms. The molecule has 90 valence electrons. The minimum atomic E-state index is -5.77. The molecular weight excluding hydrogens is 244 g/mol. The van der Waals surface area contributed by atoms with Gasteiger partial charge in [-0.25, -0.2) is 0 Å². The topological polar surface area (TPSA) is 63.2 Å². The van der Waals surface area contributed by atoms with Gasteiger partial charge >= 0.3 is 6.18 Å². The zero-order chi connectivity index (χ0) is 12.6. The summed E-state index contributed by atoms with van der Waals surface area (Å²) in [7, 11) is -5.77. The molecule has 1 unspecified atom stereocenters. The highest BCUT2D eigenvalue weighted by molar-refractivity contribution is 7.49. The molecule has 0 fully saturated rings. The average molecular weight is 252 g/mol. The van der Waals surface area contributed by atoms with Crippen LogP contribution in [0, 0.1) is 6.92 Å². The zero-order valence-corrected chi connectivity index (χ0v) is 9.09. The molecule has 0 saturated carbocycles. The second-order valence-electron chi connectivity index (χ2n) is 3.34. The molecular formula is C9H8F3O3P-2. The molecule has 0 aromatic heterocycles. The number of hydrogen-bond donors (Lipinski definition) is 0. The Bertz CT molecular complexity index is 424. The van der Waals surface area contributed by atoms with Crippen LogP contribution in [0.4, 0.5) is 13.2 Å². The van der Waals surface area contributed by atoms with E-state index in [-0.39, 0.29) is 5.56 Å². The SMILES string of the molecule is Cc1ccccc1C(C(F)(F)F)P(=O)([O-])[O-]. The van der Waals surface area contributed by atoms with Crippen LogP contribution in [0.25, 0.3) is 0 Å². The van der Waals surface area contributed by atoms with Gasteiger partial charge in [0.05, 0.1) is 0 Å². The van der Waals surface area contributed by atoms with Crippen molar-refractivity contribution in [3.8, 4) is 0 Å². The van der Waals surface area contributed by atoms with Crippen LogP contribution >= 0.6 is 7.60 Å². The lowest BCUT2D eigenvalue weighted by atomic mass is 10.1. The Hall–Kier alpha value is -0.840. The summed E-state index contributed by atoms with van der Waals surface area (Å²) in [6, 6.07) is 5.04. The Labute approximate surface area is 90.1 Å². The lowest BCUT2D eigenvalue weighted by Gasteiger charge is -2.39. The lowest BCUT2D eigenvalue weighted by molar-refractivity contribution is -0.325. The van der Waals surface area contributed by atoms with Gasteiger partial charge in [0.15, 0.2) is 0 Å². The third kappa shape index (κ3) is 2.84. The normalized spacial score (nSPS) is 14.9. The van der Waals surface area contributed by atoms with Crippen molar-refractivity contribution in [2.75, 3.05) is 0 Å². The van der Waals surface area contributed by atoms with Gasteiger partial charge in [-0.3, -0.25) is 0 Å². The van der Waals surface area contributed by atoms with Crippen LogP contribution in [-0.4, -0.2) is 6.18 Å². The maximum Gasteiger partial charge on any atom is 0.400 e. The van der Waals surface area contributed by atoms with Gasteiger partial charge in [0, 0.05) is 0 Å². The summed E-state index contributed by atoms with van der Waals surface area (Å²) in [6.07, 6.45) is -5.09. The van der Waals surface area contributed by atoms with E-state index in [4.69, 9.17) is 0 Å². The highest BCUT2D eigenvalue weighted by Crippen LogP contribution is 2.54. The van der Waals surface area contributed by atoms with E-state index in [1.807, 2.05) is 0 Å². The minimum Gasteiger partial charge on any atom is -0.810 e. The molecule has 0 radical (unpaired) electrons. The summed E-state index contributed by atoms with van der Waals surface area (Å²) >= 11 is 0. The first-order valence-corrected chi connectivity index (χ1v) is 5.89. The molecule has 1 aromatic carbocycles. The van der Waals surface area contributed by atoms with Crippen LogP contribution in [-0.2, 0) is 4.57 Å². The molecule has 7 heteroatoms.